The van der Waals surface area contributed by atoms with E-state index >= 15 is 0 Å². The van der Waals surface area contributed by atoms with Crippen LogP contribution in [0.2, 0.25) is 0 Å². The van der Waals surface area contributed by atoms with Gasteiger partial charge in [-0.05, 0) is 37.3 Å². The van der Waals surface area contributed by atoms with Crippen molar-refractivity contribution in [3.63, 3.8) is 0 Å². The van der Waals surface area contributed by atoms with E-state index in [9.17, 15) is 14.9 Å². The Labute approximate surface area is 175 Å². The summed E-state index contributed by atoms with van der Waals surface area (Å²) >= 11 is 1.40. The van der Waals surface area contributed by atoms with Crippen molar-refractivity contribution in [2.24, 2.45) is 5.92 Å². The first kappa shape index (κ1) is 21.1. The van der Waals surface area contributed by atoms with E-state index in [1.54, 1.807) is 6.92 Å². The zero-order valence-electron chi connectivity index (χ0n) is 17.1. The summed E-state index contributed by atoms with van der Waals surface area (Å²) in [6, 6.07) is 12.3. The highest BCUT2D eigenvalue weighted by atomic mass is 32.1. The third kappa shape index (κ3) is 4.06. The monoisotopic (exact) mass is 410 g/mol. The fraction of sp³-hybridized carbons (Fsp3) is 0.435. The number of rotatable bonds is 6. The number of hydrogen-bond acceptors (Lipinski definition) is 5. The van der Waals surface area contributed by atoms with Gasteiger partial charge in [-0.1, -0.05) is 44.2 Å². The molecule has 1 amide bonds. The van der Waals surface area contributed by atoms with E-state index in [1.807, 2.05) is 44.2 Å². The molecule has 0 bridgehead atoms. The first-order valence-corrected chi connectivity index (χ1v) is 10.9. The number of hydrogen-bond donors (Lipinski definition) is 1. The number of ether oxygens (including phenoxy) is 1. The van der Waals surface area contributed by atoms with Gasteiger partial charge < -0.3 is 10.1 Å². The molecule has 1 aliphatic carbocycles. The van der Waals surface area contributed by atoms with Crippen LogP contribution in [0.4, 0.5) is 5.00 Å². The number of nitrogens with zero attached hydrogens (tertiary/aromatic N) is 1. The molecule has 0 unspecified atom stereocenters. The van der Waals surface area contributed by atoms with E-state index in [0.29, 0.717) is 29.8 Å². The molecule has 1 N–H and O–H groups in total. The minimum atomic E-state index is -0.622. The molecule has 1 heterocycles. The van der Waals surface area contributed by atoms with Gasteiger partial charge in [0.25, 0.3) is 0 Å². The summed E-state index contributed by atoms with van der Waals surface area (Å²) in [6.07, 6.45) is 2.47. The van der Waals surface area contributed by atoms with E-state index in [1.165, 1.54) is 11.3 Å². The standard InChI is InChI=1S/C23H26N2O3S/c1-4-15(3)20(26)25-21-19(22(27)28-5-2)17-11-12-23(14-24,13-18(17)29-21)16-9-7-6-8-10-16/h6-10,15H,4-5,11-13H2,1-3H3,(H,25,26)/t15-,23-/m1/s1. The molecule has 0 saturated carbocycles. The van der Waals surface area contributed by atoms with Crippen molar-refractivity contribution in [1.29, 1.82) is 5.26 Å². The number of carbonyl (C=O) groups is 2. The van der Waals surface area contributed by atoms with E-state index in [2.05, 4.69) is 11.4 Å². The molecule has 2 aromatic rings. The average Bonchev–Trinajstić information content (AvgIpc) is 3.10. The first-order valence-electron chi connectivity index (χ1n) is 10.0. The SMILES string of the molecule is CCOC(=O)c1c(NC(=O)[C@H](C)CC)sc2c1CC[C@@](C#N)(c1ccccc1)C2. The summed E-state index contributed by atoms with van der Waals surface area (Å²) in [6.45, 7) is 5.86. The van der Waals surface area contributed by atoms with Crippen LogP contribution in [-0.2, 0) is 27.8 Å². The Morgan fingerprint density at radius 3 is 2.66 bits per heavy atom. The van der Waals surface area contributed by atoms with Crippen LogP contribution in [0.15, 0.2) is 30.3 Å². The zero-order chi connectivity index (χ0) is 21.0. The second-order valence-electron chi connectivity index (χ2n) is 7.46. The number of nitrogens with one attached hydrogen (secondary N) is 1. The maximum atomic E-state index is 12.7. The molecular weight excluding hydrogens is 384 g/mol. The highest BCUT2D eigenvalue weighted by Crippen LogP contribution is 2.45. The number of amides is 1. The van der Waals surface area contributed by atoms with Crippen LogP contribution < -0.4 is 5.32 Å². The molecule has 1 aromatic carbocycles. The summed E-state index contributed by atoms with van der Waals surface area (Å²) in [4.78, 5) is 26.1. The van der Waals surface area contributed by atoms with Crippen LogP contribution in [0.5, 0.6) is 0 Å². The molecule has 1 aliphatic rings. The molecule has 0 radical (unpaired) electrons. The van der Waals surface area contributed by atoms with Crippen LogP contribution >= 0.6 is 11.3 Å². The molecule has 5 nitrogen and oxygen atoms in total. The van der Waals surface area contributed by atoms with Crippen molar-refractivity contribution >= 4 is 28.2 Å². The number of carbonyl (C=O) groups excluding carboxylic acids is 2. The number of benzene rings is 1. The van der Waals surface area contributed by atoms with Gasteiger partial charge in [0.1, 0.15) is 5.00 Å². The van der Waals surface area contributed by atoms with Crippen LogP contribution in [0, 0.1) is 17.2 Å². The topological polar surface area (TPSA) is 79.2 Å². The van der Waals surface area contributed by atoms with Gasteiger partial charge in [0.2, 0.25) is 5.91 Å². The van der Waals surface area contributed by atoms with Crippen molar-refractivity contribution in [3.8, 4) is 6.07 Å². The molecule has 2 atom stereocenters. The lowest BCUT2D eigenvalue weighted by molar-refractivity contribution is -0.119. The predicted molar refractivity (Wildman–Crippen MR) is 114 cm³/mol. The second kappa shape index (κ2) is 8.79. The maximum Gasteiger partial charge on any atom is 0.341 e. The first-order chi connectivity index (χ1) is 14.0. The highest BCUT2D eigenvalue weighted by Gasteiger charge is 2.40. The lowest BCUT2D eigenvalue weighted by Gasteiger charge is -2.31. The summed E-state index contributed by atoms with van der Waals surface area (Å²) in [5.74, 6) is -0.661. The van der Waals surface area contributed by atoms with Crippen LogP contribution in [0.1, 0.15) is 60.0 Å². The third-order valence-corrected chi connectivity index (χ3v) is 6.82. The van der Waals surface area contributed by atoms with Gasteiger partial charge >= 0.3 is 5.97 Å². The van der Waals surface area contributed by atoms with Crippen molar-refractivity contribution in [2.45, 2.75) is 51.9 Å². The molecule has 0 spiro atoms. The summed E-state index contributed by atoms with van der Waals surface area (Å²) in [7, 11) is 0. The number of nitriles is 1. The molecule has 0 saturated heterocycles. The highest BCUT2D eigenvalue weighted by molar-refractivity contribution is 7.17. The average molecular weight is 411 g/mol. The van der Waals surface area contributed by atoms with Crippen molar-refractivity contribution in [3.05, 3.63) is 51.9 Å². The normalized spacial score (nSPS) is 19.0. The molecule has 0 aliphatic heterocycles. The lowest BCUT2D eigenvalue weighted by Crippen LogP contribution is -2.31. The number of esters is 1. The minimum Gasteiger partial charge on any atom is -0.462 e. The Hall–Kier alpha value is -2.65. The smallest absolute Gasteiger partial charge is 0.341 e. The van der Waals surface area contributed by atoms with Gasteiger partial charge in [0.05, 0.1) is 23.7 Å². The second-order valence-corrected chi connectivity index (χ2v) is 8.57. The van der Waals surface area contributed by atoms with Crippen molar-refractivity contribution < 1.29 is 14.3 Å². The van der Waals surface area contributed by atoms with Gasteiger partial charge in [-0.2, -0.15) is 5.26 Å². The Bertz CT molecular complexity index is 945. The van der Waals surface area contributed by atoms with Gasteiger partial charge in [-0.3, -0.25) is 4.79 Å². The largest absolute Gasteiger partial charge is 0.462 e. The fourth-order valence-corrected chi connectivity index (χ4v) is 5.06. The molecule has 6 heteroatoms. The molecule has 152 valence electrons. The fourth-order valence-electron chi connectivity index (χ4n) is 3.71. The molecule has 3 rings (SSSR count). The zero-order valence-corrected chi connectivity index (χ0v) is 17.9. The van der Waals surface area contributed by atoms with E-state index in [-0.39, 0.29) is 18.4 Å². The van der Waals surface area contributed by atoms with Gasteiger partial charge in [-0.15, -0.1) is 11.3 Å². The van der Waals surface area contributed by atoms with E-state index < -0.39 is 11.4 Å². The van der Waals surface area contributed by atoms with E-state index in [0.717, 1.165) is 22.4 Å². The Morgan fingerprint density at radius 1 is 1.31 bits per heavy atom. The van der Waals surface area contributed by atoms with Gasteiger partial charge in [0.15, 0.2) is 0 Å². The molecule has 29 heavy (non-hydrogen) atoms. The number of anilines is 1. The summed E-state index contributed by atoms with van der Waals surface area (Å²) in [5.41, 5.74) is 1.74. The Balaban J connectivity index is 2.02. The Kier molecular flexibility index (Phi) is 6.39. The Morgan fingerprint density at radius 2 is 2.03 bits per heavy atom. The predicted octanol–water partition coefficient (Wildman–Crippen LogP) is 4.86. The number of fused-ring (bicyclic) bond motifs is 1. The minimum absolute atomic E-state index is 0.105. The van der Waals surface area contributed by atoms with Gasteiger partial charge in [0, 0.05) is 17.2 Å². The molecule has 1 aromatic heterocycles. The summed E-state index contributed by atoms with van der Waals surface area (Å²) in [5, 5.41) is 13.5. The number of thiophene rings is 1. The quantitative estimate of drug-likeness (QED) is 0.690. The molecular formula is C23H26N2O3S. The lowest BCUT2D eigenvalue weighted by atomic mass is 9.70. The van der Waals surface area contributed by atoms with E-state index in [4.69, 9.17) is 4.74 Å². The van der Waals surface area contributed by atoms with Gasteiger partial charge in [-0.25, -0.2) is 4.79 Å². The third-order valence-electron chi connectivity index (χ3n) is 5.67. The van der Waals surface area contributed by atoms with Crippen LogP contribution in [0.3, 0.4) is 0 Å². The van der Waals surface area contributed by atoms with Crippen LogP contribution in [-0.4, -0.2) is 18.5 Å². The van der Waals surface area contributed by atoms with Crippen LogP contribution in [0.25, 0.3) is 0 Å². The maximum absolute atomic E-state index is 12.7. The molecule has 0 fully saturated rings. The summed E-state index contributed by atoms with van der Waals surface area (Å²) < 4.78 is 5.28. The van der Waals surface area contributed by atoms with Crippen molar-refractivity contribution in [1.82, 2.24) is 0 Å². The van der Waals surface area contributed by atoms with Crippen molar-refractivity contribution in [2.75, 3.05) is 11.9 Å².